The Kier molecular flexibility index (Phi) is 9.01. The van der Waals surface area contributed by atoms with Crippen molar-refractivity contribution in [3.8, 4) is 5.75 Å². The molecule has 4 rings (SSSR count). The van der Waals surface area contributed by atoms with E-state index in [1.807, 2.05) is 43.3 Å². The van der Waals surface area contributed by atoms with Gasteiger partial charge in [-0.05, 0) is 55.0 Å². The maximum Gasteiger partial charge on any atom is 0.246 e. The quantitative estimate of drug-likeness (QED) is 0.255. The van der Waals surface area contributed by atoms with Crippen LogP contribution in [-0.2, 0) is 16.2 Å². The summed E-state index contributed by atoms with van der Waals surface area (Å²) in [7, 11) is 3.35. The number of pyridine rings is 2. The van der Waals surface area contributed by atoms with Crippen molar-refractivity contribution in [2.45, 2.75) is 13.5 Å². The molecule has 0 fully saturated rings. The summed E-state index contributed by atoms with van der Waals surface area (Å²) in [6, 6.07) is 16.5. The molecule has 2 amide bonds. The fourth-order valence-corrected chi connectivity index (χ4v) is 4.37. The van der Waals surface area contributed by atoms with Gasteiger partial charge in [-0.25, -0.2) is 9.97 Å². The predicted octanol–water partition coefficient (Wildman–Crippen LogP) is 5.66. The number of aromatic nitrogens is 2. The Morgan fingerprint density at radius 2 is 1.90 bits per heavy atom. The number of nitrogens with one attached hydrogen (secondary N) is 2. The molecule has 4 aromatic rings. The number of para-hydroxylation sites is 1. The molecule has 0 aliphatic rings. The zero-order chi connectivity index (χ0) is 27.9. The third kappa shape index (κ3) is 6.85. The molecule has 200 valence electrons. The number of carbonyl (C=O) groups is 2. The van der Waals surface area contributed by atoms with Crippen LogP contribution < -0.4 is 20.3 Å². The maximum absolute atomic E-state index is 12.8. The van der Waals surface area contributed by atoms with Crippen LogP contribution in [0.3, 0.4) is 0 Å². The SMILES string of the molecule is CNc1ccc(/C=C/C(=O)NCC(=O)N(C)c2ccc(Cl)c(COc3cccc4ccc(C)nc34)c2Cl)cn1. The maximum atomic E-state index is 12.8. The molecule has 0 aliphatic heterocycles. The van der Waals surface area contributed by atoms with E-state index < -0.39 is 5.91 Å². The van der Waals surface area contributed by atoms with E-state index >= 15 is 0 Å². The van der Waals surface area contributed by atoms with E-state index in [9.17, 15) is 9.59 Å². The van der Waals surface area contributed by atoms with Crippen LogP contribution in [0, 0.1) is 6.92 Å². The van der Waals surface area contributed by atoms with Crippen molar-refractivity contribution in [1.29, 1.82) is 0 Å². The zero-order valence-electron chi connectivity index (χ0n) is 21.7. The van der Waals surface area contributed by atoms with Crippen LogP contribution in [-0.4, -0.2) is 42.4 Å². The fourth-order valence-electron chi connectivity index (χ4n) is 3.76. The van der Waals surface area contributed by atoms with Crippen molar-refractivity contribution in [2.24, 2.45) is 0 Å². The standard InChI is InChI=1S/C29H27Cl2N5O3/c1-18-7-10-20-5-4-6-24(29(20)35-18)39-17-21-22(30)11-12-23(28(21)31)36(3)27(38)16-34-26(37)14-9-19-8-13-25(32-2)33-15-19/h4-15H,16-17H2,1-3H3,(H,32,33)(H,34,37)/b14-9+. The number of anilines is 2. The molecule has 2 N–H and O–H groups in total. The number of aryl methyl sites for hydroxylation is 1. The van der Waals surface area contributed by atoms with Gasteiger partial charge in [0.15, 0.2) is 0 Å². The summed E-state index contributed by atoms with van der Waals surface area (Å²) in [4.78, 5) is 35.2. The largest absolute Gasteiger partial charge is 0.487 e. The number of rotatable bonds is 9. The van der Waals surface area contributed by atoms with Crippen molar-refractivity contribution in [3.63, 3.8) is 0 Å². The molecule has 0 unspecified atom stereocenters. The van der Waals surface area contributed by atoms with E-state index in [0.29, 0.717) is 22.0 Å². The Morgan fingerprint density at radius 1 is 1.08 bits per heavy atom. The van der Waals surface area contributed by atoms with Gasteiger partial charge in [0.05, 0.1) is 17.3 Å². The molecule has 0 atom stereocenters. The molecule has 2 aromatic carbocycles. The van der Waals surface area contributed by atoms with Gasteiger partial charge in [0.2, 0.25) is 11.8 Å². The number of hydrogen-bond donors (Lipinski definition) is 2. The number of benzene rings is 2. The summed E-state index contributed by atoms with van der Waals surface area (Å²) in [6.07, 6.45) is 4.60. The first-order chi connectivity index (χ1) is 18.8. The van der Waals surface area contributed by atoms with Gasteiger partial charge < -0.3 is 20.3 Å². The molecule has 0 saturated carbocycles. The van der Waals surface area contributed by atoms with E-state index in [4.69, 9.17) is 27.9 Å². The van der Waals surface area contributed by atoms with Gasteiger partial charge in [0, 0.05) is 48.0 Å². The molecule has 10 heteroatoms. The smallest absolute Gasteiger partial charge is 0.246 e. The first kappa shape index (κ1) is 27.9. The van der Waals surface area contributed by atoms with Gasteiger partial charge in [0.1, 0.15) is 23.7 Å². The highest BCUT2D eigenvalue weighted by atomic mass is 35.5. The first-order valence-corrected chi connectivity index (χ1v) is 12.8. The molecule has 0 spiro atoms. The Labute approximate surface area is 236 Å². The number of carbonyl (C=O) groups excluding carboxylic acids is 2. The average molecular weight is 564 g/mol. The summed E-state index contributed by atoms with van der Waals surface area (Å²) in [5.74, 6) is 0.551. The second kappa shape index (κ2) is 12.6. The van der Waals surface area contributed by atoms with Crippen LogP contribution in [0.4, 0.5) is 11.5 Å². The Bertz CT molecular complexity index is 1540. The monoisotopic (exact) mass is 563 g/mol. The van der Waals surface area contributed by atoms with Gasteiger partial charge in [-0.15, -0.1) is 0 Å². The minimum atomic E-state index is -0.412. The first-order valence-electron chi connectivity index (χ1n) is 12.1. The molecule has 0 bridgehead atoms. The summed E-state index contributed by atoms with van der Waals surface area (Å²) < 4.78 is 6.07. The molecule has 39 heavy (non-hydrogen) atoms. The normalized spacial score (nSPS) is 11.0. The highest BCUT2D eigenvalue weighted by Crippen LogP contribution is 2.35. The highest BCUT2D eigenvalue weighted by Gasteiger charge is 2.19. The fraction of sp³-hybridized carbons (Fsp3) is 0.172. The third-order valence-electron chi connectivity index (χ3n) is 5.98. The summed E-state index contributed by atoms with van der Waals surface area (Å²) in [6.45, 7) is 1.77. The number of fused-ring (bicyclic) bond motifs is 1. The lowest BCUT2D eigenvalue weighted by atomic mass is 10.1. The molecule has 0 radical (unpaired) electrons. The van der Waals surface area contributed by atoms with E-state index in [-0.39, 0.29) is 24.1 Å². The minimum Gasteiger partial charge on any atom is -0.487 e. The van der Waals surface area contributed by atoms with E-state index in [0.717, 1.165) is 28.0 Å². The van der Waals surface area contributed by atoms with Gasteiger partial charge >= 0.3 is 0 Å². The Morgan fingerprint density at radius 3 is 2.64 bits per heavy atom. The average Bonchev–Trinajstić information content (AvgIpc) is 2.94. The molecular weight excluding hydrogens is 537 g/mol. The number of nitrogens with zero attached hydrogens (tertiary/aromatic N) is 3. The van der Waals surface area contributed by atoms with Gasteiger partial charge in [-0.2, -0.15) is 0 Å². The zero-order valence-corrected chi connectivity index (χ0v) is 23.2. The van der Waals surface area contributed by atoms with Crippen LogP contribution in [0.5, 0.6) is 5.75 Å². The van der Waals surface area contributed by atoms with Crippen LogP contribution in [0.25, 0.3) is 17.0 Å². The van der Waals surface area contributed by atoms with Crippen LogP contribution >= 0.6 is 23.2 Å². The highest BCUT2D eigenvalue weighted by molar-refractivity contribution is 6.38. The molecule has 8 nitrogen and oxygen atoms in total. The van der Waals surface area contributed by atoms with E-state index in [1.165, 1.54) is 11.0 Å². The lowest BCUT2D eigenvalue weighted by Gasteiger charge is -2.21. The number of halogens is 2. The molecule has 0 aliphatic carbocycles. The Balaban J connectivity index is 1.41. The summed E-state index contributed by atoms with van der Waals surface area (Å²) in [5, 5.41) is 7.16. The predicted molar refractivity (Wildman–Crippen MR) is 157 cm³/mol. The van der Waals surface area contributed by atoms with Crippen molar-refractivity contribution in [1.82, 2.24) is 15.3 Å². The lowest BCUT2D eigenvalue weighted by Crippen LogP contribution is -2.37. The molecular formula is C29H27Cl2N5O3. The number of likely N-dealkylation sites (N-methyl/N-ethyl adjacent to an activating group) is 1. The topological polar surface area (TPSA) is 96.5 Å². The van der Waals surface area contributed by atoms with Gasteiger partial charge in [-0.1, -0.05) is 41.4 Å². The van der Waals surface area contributed by atoms with Gasteiger partial charge in [-0.3, -0.25) is 9.59 Å². The third-order valence-corrected chi connectivity index (χ3v) is 6.75. The van der Waals surface area contributed by atoms with Crippen molar-refractivity contribution >= 4 is 63.5 Å². The second-order valence-electron chi connectivity index (χ2n) is 8.66. The van der Waals surface area contributed by atoms with Crippen LogP contribution in [0.2, 0.25) is 10.0 Å². The number of ether oxygens (including phenoxy) is 1. The second-order valence-corrected chi connectivity index (χ2v) is 9.44. The minimum absolute atomic E-state index is 0.0773. The van der Waals surface area contributed by atoms with Crippen molar-refractivity contribution in [2.75, 3.05) is 30.9 Å². The number of hydrogen-bond acceptors (Lipinski definition) is 6. The molecule has 2 aromatic heterocycles. The van der Waals surface area contributed by atoms with E-state index in [2.05, 4.69) is 20.6 Å². The lowest BCUT2D eigenvalue weighted by molar-refractivity contribution is -0.122. The molecule has 2 heterocycles. The van der Waals surface area contributed by atoms with Crippen LogP contribution in [0.15, 0.2) is 66.9 Å². The Hall–Kier alpha value is -4.14. The summed E-state index contributed by atoms with van der Waals surface area (Å²) >= 11 is 13.1. The van der Waals surface area contributed by atoms with Crippen molar-refractivity contribution in [3.05, 3.63) is 93.7 Å². The van der Waals surface area contributed by atoms with Crippen LogP contribution in [0.1, 0.15) is 16.8 Å². The molecule has 0 saturated heterocycles. The van der Waals surface area contributed by atoms with E-state index in [1.54, 1.807) is 44.6 Å². The summed E-state index contributed by atoms with van der Waals surface area (Å²) in [5.41, 5.74) is 3.34. The van der Waals surface area contributed by atoms with Gasteiger partial charge in [0.25, 0.3) is 0 Å². The number of amides is 2. The van der Waals surface area contributed by atoms with Crippen molar-refractivity contribution < 1.29 is 14.3 Å².